The minimum absolute atomic E-state index is 0.368. The zero-order valence-electron chi connectivity index (χ0n) is 16.8. The molecule has 0 radical (unpaired) electrons. The van der Waals surface area contributed by atoms with E-state index in [9.17, 15) is 9.35 Å². The van der Waals surface area contributed by atoms with Gasteiger partial charge in [-0.2, -0.15) is 5.10 Å². The molecule has 7 heteroatoms. The van der Waals surface area contributed by atoms with Crippen LogP contribution in [0.3, 0.4) is 0 Å². The molecule has 0 saturated heterocycles. The molecule has 1 aromatic heterocycles. The van der Waals surface area contributed by atoms with Crippen molar-refractivity contribution in [2.75, 3.05) is 14.1 Å². The van der Waals surface area contributed by atoms with E-state index in [1.54, 1.807) is 26.2 Å². The number of hydrogen-bond acceptors (Lipinski definition) is 4. The van der Waals surface area contributed by atoms with Crippen LogP contribution in [0.4, 0.5) is 0 Å². The van der Waals surface area contributed by atoms with Crippen LogP contribution in [-0.4, -0.2) is 38.6 Å². The van der Waals surface area contributed by atoms with Crippen molar-refractivity contribution in [3.8, 4) is 5.69 Å². The average Bonchev–Trinajstić information content (AvgIpc) is 3.13. The number of aromatic nitrogens is 2. The summed E-state index contributed by atoms with van der Waals surface area (Å²) in [6.07, 6.45) is 6.10. The topological polar surface area (TPSA) is 73.2 Å². The van der Waals surface area contributed by atoms with Crippen LogP contribution in [-0.2, 0) is 11.5 Å². The molecule has 1 saturated carbocycles. The van der Waals surface area contributed by atoms with Crippen LogP contribution in [0.2, 0.25) is 0 Å². The van der Waals surface area contributed by atoms with Crippen LogP contribution in [0.25, 0.3) is 16.6 Å². The first-order valence-corrected chi connectivity index (χ1v) is 11.1. The summed E-state index contributed by atoms with van der Waals surface area (Å²) in [4.78, 5) is 12.5. The molecule has 0 spiro atoms. The number of nitrogens with one attached hydrogen (secondary N) is 1. The molecule has 1 aliphatic rings. The van der Waals surface area contributed by atoms with Crippen molar-refractivity contribution in [2.45, 2.75) is 38.0 Å². The SMILES string of the molecule is CN(C)[S+]([O-])NC(=O)c1ccc2c(C3CCCCC3)n(-c3ccccc3)nc2c1. The average molecular weight is 411 g/mol. The molecular weight excluding hydrogens is 384 g/mol. The Morgan fingerprint density at radius 3 is 2.55 bits per heavy atom. The highest BCUT2D eigenvalue weighted by Gasteiger charge is 2.25. The van der Waals surface area contributed by atoms with E-state index in [1.807, 2.05) is 28.9 Å². The molecule has 1 atom stereocenters. The largest absolute Gasteiger partial charge is 0.573 e. The third-order valence-electron chi connectivity index (χ3n) is 5.48. The Morgan fingerprint density at radius 1 is 1.14 bits per heavy atom. The van der Waals surface area contributed by atoms with Crippen LogP contribution in [0, 0.1) is 0 Å². The highest BCUT2D eigenvalue weighted by atomic mass is 32.2. The molecular formula is C22H26N4O2S. The minimum atomic E-state index is -1.56. The summed E-state index contributed by atoms with van der Waals surface area (Å²) >= 11 is -1.56. The molecule has 152 valence electrons. The van der Waals surface area contributed by atoms with Gasteiger partial charge in [0.1, 0.15) is 0 Å². The lowest BCUT2D eigenvalue weighted by Gasteiger charge is -2.23. The summed E-state index contributed by atoms with van der Waals surface area (Å²) in [5, 5.41) is 5.95. The van der Waals surface area contributed by atoms with Crippen molar-refractivity contribution in [2.24, 2.45) is 0 Å². The molecule has 1 heterocycles. The standard InChI is InChI=1S/C22H26N4O2S/c1-25(2)29(28)24-22(27)17-13-14-19-20(15-17)23-26(18-11-7-4-8-12-18)21(19)16-9-5-3-6-10-16/h4,7-8,11-16H,3,5-6,9-10H2,1-2H3,(H,24,27). The van der Waals surface area contributed by atoms with Crippen molar-refractivity contribution >= 4 is 28.4 Å². The molecule has 1 amide bonds. The summed E-state index contributed by atoms with van der Waals surface area (Å²) < 4.78 is 17.9. The van der Waals surface area contributed by atoms with E-state index in [0.717, 1.165) is 29.4 Å². The number of fused-ring (bicyclic) bond motifs is 1. The third kappa shape index (κ3) is 4.17. The molecule has 0 bridgehead atoms. The Hall–Kier alpha value is -2.35. The summed E-state index contributed by atoms with van der Waals surface area (Å²) in [7, 11) is 3.30. The quantitative estimate of drug-likeness (QED) is 0.647. The zero-order chi connectivity index (χ0) is 20.4. The van der Waals surface area contributed by atoms with Gasteiger partial charge >= 0.3 is 0 Å². The molecule has 29 heavy (non-hydrogen) atoms. The highest BCUT2D eigenvalue weighted by molar-refractivity contribution is 7.87. The molecule has 1 fully saturated rings. The Labute approximate surface area is 174 Å². The predicted molar refractivity (Wildman–Crippen MR) is 116 cm³/mol. The molecule has 1 N–H and O–H groups in total. The molecule has 4 rings (SSSR count). The fourth-order valence-corrected chi connectivity index (χ4v) is 4.47. The van der Waals surface area contributed by atoms with Gasteiger partial charge in [0.05, 0.1) is 16.9 Å². The Morgan fingerprint density at radius 2 is 1.86 bits per heavy atom. The van der Waals surface area contributed by atoms with Crippen LogP contribution in [0.5, 0.6) is 0 Å². The first-order valence-electron chi connectivity index (χ1n) is 10.0. The Bertz CT molecular complexity index is 997. The van der Waals surface area contributed by atoms with E-state index in [4.69, 9.17) is 5.10 Å². The maximum absolute atomic E-state index is 12.5. The second kappa shape index (κ2) is 8.57. The third-order valence-corrected chi connectivity index (χ3v) is 6.50. The van der Waals surface area contributed by atoms with Gasteiger partial charge in [0.25, 0.3) is 5.91 Å². The van der Waals surface area contributed by atoms with Crippen molar-refractivity contribution < 1.29 is 9.35 Å². The maximum Gasteiger partial charge on any atom is 0.293 e. The lowest BCUT2D eigenvalue weighted by molar-refractivity contribution is 0.0979. The fourth-order valence-electron chi connectivity index (χ4n) is 4.01. The van der Waals surface area contributed by atoms with Gasteiger partial charge in [-0.3, -0.25) is 4.79 Å². The van der Waals surface area contributed by atoms with Gasteiger partial charge in [0, 0.05) is 31.0 Å². The second-order valence-electron chi connectivity index (χ2n) is 7.69. The molecule has 1 unspecified atom stereocenters. The van der Waals surface area contributed by atoms with Gasteiger partial charge in [-0.25, -0.2) is 4.68 Å². The van der Waals surface area contributed by atoms with E-state index in [2.05, 4.69) is 16.9 Å². The fraction of sp³-hybridized carbons (Fsp3) is 0.364. The summed E-state index contributed by atoms with van der Waals surface area (Å²) in [5.41, 5.74) is 3.51. The first-order chi connectivity index (χ1) is 14.0. The highest BCUT2D eigenvalue weighted by Crippen LogP contribution is 2.37. The van der Waals surface area contributed by atoms with Crippen LogP contribution >= 0.6 is 0 Å². The van der Waals surface area contributed by atoms with Crippen LogP contribution in [0.15, 0.2) is 48.5 Å². The van der Waals surface area contributed by atoms with Gasteiger partial charge < -0.3 is 4.55 Å². The number of benzene rings is 2. The summed E-state index contributed by atoms with van der Waals surface area (Å²) in [6.45, 7) is 0. The summed E-state index contributed by atoms with van der Waals surface area (Å²) in [5.74, 6) is 0.0993. The number of nitrogens with zero attached hydrogens (tertiary/aromatic N) is 3. The zero-order valence-corrected chi connectivity index (χ0v) is 17.6. The predicted octanol–water partition coefficient (Wildman–Crippen LogP) is 3.94. The number of carbonyl (C=O) groups is 1. The van der Waals surface area contributed by atoms with Gasteiger partial charge in [-0.05, 0) is 37.1 Å². The van der Waals surface area contributed by atoms with E-state index in [0.29, 0.717) is 11.5 Å². The van der Waals surface area contributed by atoms with Crippen molar-refractivity contribution in [3.63, 3.8) is 0 Å². The number of carbonyl (C=O) groups excluding carboxylic acids is 1. The van der Waals surface area contributed by atoms with Crippen LogP contribution in [0.1, 0.15) is 54.1 Å². The number of para-hydroxylation sites is 1. The maximum atomic E-state index is 12.5. The monoisotopic (exact) mass is 410 g/mol. The number of hydrogen-bond donors (Lipinski definition) is 1. The van der Waals surface area contributed by atoms with Gasteiger partial charge in [-0.15, -0.1) is 9.03 Å². The first kappa shape index (κ1) is 19.9. The van der Waals surface area contributed by atoms with E-state index < -0.39 is 11.5 Å². The number of rotatable bonds is 5. The smallest absolute Gasteiger partial charge is 0.293 e. The lowest BCUT2D eigenvalue weighted by atomic mass is 9.85. The Balaban J connectivity index is 1.76. The van der Waals surface area contributed by atoms with E-state index in [1.165, 1.54) is 29.3 Å². The van der Waals surface area contributed by atoms with E-state index in [-0.39, 0.29) is 5.91 Å². The van der Waals surface area contributed by atoms with Crippen LogP contribution < -0.4 is 4.72 Å². The second-order valence-corrected chi connectivity index (χ2v) is 9.12. The molecule has 3 aromatic rings. The molecule has 1 aliphatic carbocycles. The lowest BCUT2D eigenvalue weighted by Crippen LogP contribution is -2.39. The van der Waals surface area contributed by atoms with Crippen molar-refractivity contribution in [1.29, 1.82) is 0 Å². The number of amides is 1. The van der Waals surface area contributed by atoms with E-state index >= 15 is 0 Å². The van der Waals surface area contributed by atoms with Gasteiger partial charge in [0.2, 0.25) is 0 Å². The van der Waals surface area contributed by atoms with Gasteiger partial charge in [0.15, 0.2) is 11.5 Å². The Kier molecular flexibility index (Phi) is 5.89. The normalized spacial score (nSPS) is 16.3. The van der Waals surface area contributed by atoms with Gasteiger partial charge in [-0.1, -0.05) is 43.5 Å². The van der Waals surface area contributed by atoms with Crippen molar-refractivity contribution in [3.05, 3.63) is 59.8 Å². The molecule has 0 aliphatic heterocycles. The van der Waals surface area contributed by atoms with Crippen molar-refractivity contribution in [1.82, 2.24) is 18.8 Å². The minimum Gasteiger partial charge on any atom is -0.573 e. The molecule has 2 aromatic carbocycles. The molecule has 6 nitrogen and oxygen atoms in total. The summed E-state index contributed by atoms with van der Waals surface area (Å²) in [6, 6.07) is 15.7.